The Bertz CT molecular complexity index is 492. The van der Waals surface area contributed by atoms with Crippen molar-refractivity contribution in [2.24, 2.45) is 5.92 Å². The number of nitrogens with one attached hydrogen (secondary N) is 1. The molecule has 116 valence electrons. The summed E-state index contributed by atoms with van der Waals surface area (Å²) in [6, 6.07) is 6.20. The molecular weight excluding hydrogens is 275 g/mol. The van der Waals surface area contributed by atoms with Crippen molar-refractivity contribution >= 4 is 11.9 Å². The molecule has 0 saturated carbocycles. The second-order valence-corrected chi connectivity index (χ2v) is 5.33. The topological polar surface area (TPSA) is 69.6 Å². The number of amides is 1. The zero-order valence-corrected chi connectivity index (χ0v) is 12.3. The summed E-state index contributed by atoms with van der Waals surface area (Å²) in [5, 5.41) is 11.4. The second kappa shape index (κ2) is 8.36. The number of carboxylic acid groups (broad SMARTS) is 1. The van der Waals surface area contributed by atoms with Gasteiger partial charge in [-0.2, -0.15) is 0 Å². The van der Waals surface area contributed by atoms with E-state index in [4.69, 9.17) is 5.11 Å². The highest BCUT2D eigenvalue weighted by atomic mass is 19.1. The summed E-state index contributed by atoms with van der Waals surface area (Å²) in [7, 11) is 0. The van der Waals surface area contributed by atoms with Gasteiger partial charge in [-0.25, -0.2) is 4.39 Å². The van der Waals surface area contributed by atoms with Crippen LogP contribution in [0, 0.1) is 11.7 Å². The van der Waals surface area contributed by atoms with E-state index >= 15 is 0 Å². The lowest BCUT2D eigenvalue weighted by molar-refractivity contribution is -0.138. The van der Waals surface area contributed by atoms with E-state index in [1.807, 2.05) is 13.8 Å². The summed E-state index contributed by atoms with van der Waals surface area (Å²) in [6.45, 7) is 4.30. The predicted octanol–water partition coefficient (Wildman–Crippen LogP) is 1.48. The Kier molecular flexibility index (Phi) is 6.81. The van der Waals surface area contributed by atoms with Gasteiger partial charge in [0.1, 0.15) is 5.82 Å². The van der Waals surface area contributed by atoms with Crippen molar-refractivity contribution in [1.29, 1.82) is 0 Å². The molecule has 0 unspecified atom stereocenters. The number of hydrogen-bond acceptors (Lipinski definition) is 3. The van der Waals surface area contributed by atoms with Crippen LogP contribution in [0.5, 0.6) is 0 Å². The molecule has 0 bridgehead atoms. The minimum Gasteiger partial charge on any atom is -0.480 e. The molecule has 6 heteroatoms. The number of carbonyl (C=O) groups is 2. The summed E-state index contributed by atoms with van der Waals surface area (Å²) in [4.78, 5) is 24.2. The maximum atomic E-state index is 13.4. The largest absolute Gasteiger partial charge is 0.480 e. The highest BCUT2D eigenvalue weighted by Gasteiger charge is 2.15. The fourth-order valence-corrected chi connectivity index (χ4v) is 1.99. The Morgan fingerprint density at radius 3 is 2.52 bits per heavy atom. The van der Waals surface area contributed by atoms with Crippen molar-refractivity contribution in [2.75, 3.05) is 19.6 Å². The minimum absolute atomic E-state index is 0.0149. The molecule has 0 saturated heterocycles. The molecular formula is C15H21FN2O3. The lowest BCUT2D eigenvalue weighted by atomic mass is 10.2. The first-order chi connectivity index (χ1) is 9.88. The number of carboxylic acids is 1. The van der Waals surface area contributed by atoms with Crippen molar-refractivity contribution in [2.45, 2.75) is 20.4 Å². The Morgan fingerprint density at radius 1 is 1.29 bits per heavy atom. The van der Waals surface area contributed by atoms with Gasteiger partial charge in [-0.15, -0.1) is 0 Å². The van der Waals surface area contributed by atoms with Crippen LogP contribution < -0.4 is 5.32 Å². The molecule has 5 nitrogen and oxygen atoms in total. The quantitative estimate of drug-likeness (QED) is 0.762. The summed E-state index contributed by atoms with van der Waals surface area (Å²) < 4.78 is 13.4. The zero-order chi connectivity index (χ0) is 15.8. The van der Waals surface area contributed by atoms with Crippen molar-refractivity contribution < 1.29 is 19.1 Å². The Morgan fingerprint density at radius 2 is 1.95 bits per heavy atom. The molecule has 0 atom stereocenters. The SMILES string of the molecule is CC(C)CN(CC(=O)O)CC(=O)NCc1ccccc1F. The first kappa shape index (κ1) is 17.1. The number of hydrogen-bond donors (Lipinski definition) is 2. The average Bonchev–Trinajstić information content (AvgIpc) is 2.36. The standard InChI is InChI=1S/C15H21FN2O3/c1-11(2)8-18(10-15(20)21)9-14(19)17-7-12-5-3-4-6-13(12)16/h3-6,11H,7-10H2,1-2H3,(H,17,19)(H,20,21). The van der Waals surface area contributed by atoms with E-state index in [2.05, 4.69) is 5.32 Å². The first-order valence-corrected chi connectivity index (χ1v) is 6.82. The van der Waals surface area contributed by atoms with Gasteiger partial charge in [-0.05, 0) is 12.0 Å². The Balaban J connectivity index is 2.50. The van der Waals surface area contributed by atoms with Crippen molar-refractivity contribution in [3.63, 3.8) is 0 Å². The highest BCUT2D eigenvalue weighted by molar-refractivity contribution is 5.79. The smallest absolute Gasteiger partial charge is 0.317 e. The maximum Gasteiger partial charge on any atom is 0.317 e. The van der Waals surface area contributed by atoms with Gasteiger partial charge < -0.3 is 10.4 Å². The van der Waals surface area contributed by atoms with Crippen molar-refractivity contribution in [3.8, 4) is 0 Å². The van der Waals surface area contributed by atoms with Crippen molar-refractivity contribution in [3.05, 3.63) is 35.6 Å². The van der Waals surface area contributed by atoms with Gasteiger partial charge in [0.25, 0.3) is 0 Å². The van der Waals surface area contributed by atoms with Crippen LogP contribution in [0.2, 0.25) is 0 Å². The van der Waals surface area contributed by atoms with E-state index in [9.17, 15) is 14.0 Å². The summed E-state index contributed by atoms with van der Waals surface area (Å²) in [5.41, 5.74) is 0.402. The molecule has 0 spiro atoms. The van der Waals surface area contributed by atoms with Crippen LogP contribution in [0.15, 0.2) is 24.3 Å². The van der Waals surface area contributed by atoms with Gasteiger partial charge in [0.05, 0.1) is 13.1 Å². The van der Waals surface area contributed by atoms with Crippen LogP contribution in [-0.4, -0.2) is 41.5 Å². The van der Waals surface area contributed by atoms with Crippen LogP contribution in [0.1, 0.15) is 19.4 Å². The lowest BCUT2D eigenvalue weighted by Crippen LogP contribution is -2.41. The van der Waals surface area contributed by atoms with Crippen LogP contribution >= 0.6 is 0 Å². The molecule has 0 aliphatic carbocycles. The molecule has 1 aromatic carbocycles. The maximum absolute atomic E-state index is 13.4. The number of carbonyl (C=O) groups excluding carboxylic acids is 1. The molecule has 1 rings (SSSR count). The fraction of sp³-hybridized carbons (Fsp3) is 0.467. The molecule has 21 heavy (non-hydrogen) atoms. The average molecular weight is 296 g/mol. The third-order valence-corrected chi connectivity index (χ3v) is 2.78. The van der Waals surface area contributed by atoms with E-state index in [1.54, 1.807) is 23.1 Å². The molecule has 0 radical (unpaired) electrons. The Hall–Kier alpha value is -1.95. The molecule has 2 N–H and O–H groups in total. The van der Waals surface area contributed by atoms with Gasteiger partial charge in [-0.1, -0.05) is 32.0 Å². The zero-order valence-electron chi connectivity index (χ0n) is 12.3. The number of rotatable bonds is 8. The number of aliphatic carboxylic acids is 1. The van der Waals surface area contributed by atoms with Gasteiger partial charge in [-0.3, -0.25) is 14.5 Å². The molecule has 1 amide bonds. The number of benzene rings is 1. The normalized spacial score (nSPS) is 10.9. The first-order valence-electron chi connectivity index (χ1n) is 6.82. The van der Waals surface area contributed by atoms with Crippen molar-refractivity contribution in [1.82, 2.24) is 10.2 Å². The van der Waals surface area contributed by atoms with Crippen LogP contribution in [0.3, 0.4) is 0 Å². The summed E-state index contributed by atoms with van der Waals surface area (Å²) in [6.07, 6.45) is 0. The fourth-order valence-electron chi connectivity index (χ4n) is 1.99. The molecule has 0 aliphatic rings. The van der Waals surface area contributed by atoms with E-state index in [0.29, 0.717) is 12.1 Å². The van der Waals surface area contributed by atoms with E-state index in [0.717, 1.165) is 0 Å². The van der Waals surface area contributed by atoms with Gasteiger partial charge in [0.2, 0.25) is 5.91 Å². The number of halogens is 1. The molecule has 0 aliphatic heterocycles. The van der Waals surface area contributed by atoms with Gasteiger partial charge in [0, 0.05) is 18.7 Å². The molecule has 0 aromatic heterocycles. The molecule has 0 heterocycles. The minimum atomic E-state index is -0.974. The third kappa shape index (κ3) is 6.85. The summed E-state index contributed by atoms with van der Waals surface area (Å²) >= 11 is 0. The van der Waals surface area contributed by atoms with Gasteiger partial charge >= 0.3 is 5.97 Å². The van der Waals surface area contributed by atoms with Gasteiger partial charge in [0.15, 0.2) is 0 Å². The second-order valence-electron chi connectivity index (χ2n) is 5.33. The predicted molar refractivity (Wildman–Crippen MR) is 77.2 cm³/mol. The lowest BCUT2D eigenvalue weighted by Gasteiger charge is -2.21. The van der Waals surface area contributed by atoms with E-state index in [1.165, 1.54) is 6.07 Å². The monoisotopic (exact) mass is 296 g/mol. The molecule has 1 aromatic rings. The number of nitrogens with zero attached hydrogens (tertiary/aromatic N) is 1. The van der Waals surface area contributed by atoms with E-state index < -0.39 is 5.97 Å². The Labute approximate surface area is 123 Å². The van der Waals surface area contributed by atoms with Crippen LogP contribution in [0.4, 0.5) is 4.39 Å². The van der Waals surface area contributed by atoms with Crippen LogP contribution in [-0.2, 0) is 16.1 Å². The summed E-state index contributed by atoms with van der Waals surface area (Å²) in [5.74, 6) is -1.41. The molecule has 0 fully saturated rings. The highest BCUT2D eigenvalue weighted by Crippen LogP contribution is 2.05. The third-order valence-electron chi connectivity index (χ3n) is 2.78. The van der Waals surface area contributed by atoms with E-state index in [-0.39, 0.29) is 37.3 Å². The van der Waals surface area contributed by atoms with Crippen LogP contribution in [0.25, 0.3) is 0 Å².